The Labute approximate surface area is 119 Å². The lowest BCUT2D eigenvalue weighted by Gasteiger charge is -2.37. The molecule has 0 radical (unpaired) electrons. The largest absolute Gasteiger partial charge is 0.481 e. The smallest absolute Gasteiger partial charge is 0.320 e. The van der Waals surface area contributed by atoms with E-state index in [9.17, 15) is 14.7 Å². The van der Waals surface area contributed by atoms with Crippen LogP contribution in [0, 0.1) is 5.41 Å². The number of likely N-dealkylation sites (tertiary alicyclic amines) is 1. The van der Waals surface area contributed by atoms with E-state index in [4.69, 9.17) is 4.74 Å². The fourth-order valence-corrected chi connectivity index (χ4v) is 3.18. The fraction of sp³-hybridized carbons (Fsp3) is 0.857. The molecule has 6 nitrogen and oxygen atoms in total. The third-order valence-corrected chi connectivity index (χ3v) is 4.44. The Morgan fingerprint density at radius 2 is 1.85 bits per heavy atom. The van der Waals surface area contributed by atoms with E-state index in [2.05, 4.69) is 0 Å². The van der Waals surface area contributed by atoms with Gasteiger partial charge in [-0.15, -0.1) is 0 Å². The highest BCUT2D eigenvalue weighted by Gasteiger charge is 2.46. The zero-order valence-electron chi connectivity index (χ0n) is 12.5. The van der Waals surface area contributed by atoms with E-state index in [0.717, 1.165) is 0 Å². The molecule has 2 heterocycles. The lowest BCUT2D eigenvalue weighted by molar-refractivity contribution is -0.148. The van der Waals surface area contributed by atoms with Gasteiger partial charge in [0.15, 0.2) is 0 Å². The molecular formula is C14H24N2O4. The number of hydrogen-bond donors (Lipinski definition) is 1. The summed E-state index contributed by atoms with van der Waals surface area (Å²) in [5, 5.41) is 9.39. The Hall–Kier alpha value is -1.30. The van der Waals surface area contributed by atoms with Gasteiger partial charge in [0.05, 0.1) is 17.6 Å². The number of morpholine rings is 1. The minimum Gasteiger partial charge on any atom is -0.481 e. The first-order valence-corrected chi connectivity index (χ1v) is 7.30. The van der Waals surface area contributed by atoms with Crippen LogP contribution in [0.2, 0.25) is 0 Å². The first-order chi connectivity index (χ1) is 9.38. The second kappa shape index (κ2) is 5.60. The summed E-state index contributed by atoms with van der Waals surface area (Å²) in [4.78, 5) is 27.4. The number of hydrogen-bond acceptors (Lipinski definition) is 3. The van der Waals surface area contributed by atoms with Crippen LogP contribution >= 0.6 is 0 Å². The molecule has 2 fully saturated rings. The first kappa shape index (κ1) is 15.1. The number of amides is 2. The summed E-state index contributed by atoms with van der Waals surface area (Å²) in [6, 6.07) is -0.0522. The van der Waals surface area contributed by atoms with Crippen molar-refractivity contribution in [2.24, 2.45) is 5.41 Å². The van der Waals surface area contributed by atoms with E-state index in [1.807, 2.05) is 20.8 Å². The number of urea groups is 1. The van der Waals surface area contributed by atoms with Gasteiger partial charge in [-0.3, -0.25) is 4.79 Å². The van der Waals surface area contributed by atoms with E-state index in [1.54, 1.807) is 9.80 Å². The predicted octanol–water partition coefficient (Wildman–Crippen LogP) is 1.40. The maximum Gasteiger partial charge on any atom is 0.320 e. The Balaban J connectivity index is 2.02. The maximum absolute atomic E-state index is 12.5. The van der Waals surface area contributed by atoms with Gasteiger partial charge < -0.3 is 19.6 Å². The summed E-state index contributed by atoms with van der Waals surface area (Å²) in [5.74, 6) is -0.793. The Bertz CT molecular complexity index is 391. The quantitative estimate of drug-likeness (QED) is 0.832. The van der Waals surface area contributed by atoms with Gasteiger partial charge in [-0.25, -0.2) is 4.79 Å². The number of carboxylic acid groups (broad SMARTS) is 1. The minimum atomic E-state index is -0.793. The Morgan fingerprint density at radius 1 is 1.25 bits per heavy atom. The van der Waals surface area contributed by atoms with Crippen LogP contribution in [-0.2, 0) is 9.53 Å². The van der Waals surface area contributed by atoms with Crippen molar-refractivity contribution < 1.29 is 19.4 Å². The van der Waals surface area contributed by atoms with Gasteiger partial charge in [0.1, 0.15) is 0 Å². The Morgan fingerprint density at radius 3 is 2.30 bits per heavy atom. The predicted molar refractivity (Wildman–Crippen MR) is 73.5 cm³/mol. The van der Waals surface area contributed by atoms with Gasteiger partial charge in [-0.2, -0.15) is 0 Å². The molecule has 0 aromatic carbocycles. The third-order valence-electron chi connectivity index (χ3n) is 4.44. The van der Waals surface area contributed by atoms with Crippen LogP contribution in [-0.4, -0.2) is 65.3 Å². The molecule has 0 aromatic rings. The summed E-state index contributed by atoms with van der Waals surface area (Å²) in [6.45, 7) is 7.77. The number of carbonyl (C=O) groups is 2. The van der Waals surface area contributed by atoms with Gasteiger partial charge in [0.2, 0.25) is 0 Å². The molecule has 2 aliphatic rings. The molecule has 3 unspecified atom stereocenters. The number of aliphatic carboxylic acids is 1. The second-order valence-electron chi connectivity index (χ2n) is 6.06. The van der Waals surface area contributed by atoms with E-state index >= 15 is 0 Å². The molecule has 2 amide bonds. The van der Waals surface area contributed by atoms with Crippen molar-refractivity contribution in [1.82, 2.24) is 9.80 Å². The molecule has 2 saturated heterocycles. The lowest BCUT2D eigenvalue weighted by Crippen LogP contribution is -2.52. The molecule has 1 N–H and O–H groups in total. The topological polar surface area (TPSA) is 70.1 Å². The number of carbonyl (C=O) groups excluding carboxylic acids is 1. The molecule has 0 saturated carbocycles. The number of nitrogens with zero attached hydrogens (tertiary/aromatic N) is 2. The highest BCUT2D eigenvalue weighted by Crippen LogP contribution is 2.34. The van der Waals surface area contributed by atoms with Crippen molar-refractivity contribution in [3.63, 3.8) is 0 Å². The van der Waals surface area contributed by atoms with Crippen molar-refractivity contribution in [3.8, 4) is 0 Å². The molecule has 0 spiro atoms. The van der Waals surface area contributed by atoms with Crippen molar-refractivity contribution >= 4 is 12.0 Å². The SMILES string of the molecule is CCC1(C(=O)O)CCN(C(=O)N2CC(C)OC(C)C2)C1. The highest BCUT2D eigenvalue weighted by molar-refractivity contribution is 5.80. The molecule has 0 aliphatic carbocycles. The van der Waals surface area contributed by atoms with Crippen molar-refractivity contribution in [2.75, 3.05) is 26.2 Å². The zero-order valence-corrected chi connectivity index (χ0v) is 12.5. The summed E-state index contributed by atoms with van der Waals surface area (Å²) in [7, 11) is 0. The van der Waals surface area contributed by atoms with Gasteiger partial charge in [-0.05, 0) is 26.7 Å². The van der Waals surface area contributed by atoms with Crippen molar-refractivity contribution in [1.29, 1.82) is 0 Å². The van der Waals surface area contributed by atoms with Gasteiger partial charge in [-0.1, -0.05) is 6.92 Å². The summed E-state index contributed by atoms with van der Waals surface area (Å²) in [6.07, 6.45) is 1.16. The van der Waals surface area contributed by atoms with Crippen molar-refractivity contribution in [2.45, 2.75) is 45.8 Å². The first-order valence-electron chi connectivity index (χ1n) is 7.30. The standard InChI is InChI=1S/C14H24N2O4/c1-4-14(12(17)18)5-6-15(9-14)13(19)16-7-10(2)20-11(3)8-16/h10-11H,4-9H2,1-3H3,(H,17,18). The van der Waals surface area contributed by atoms with Gasteiger partial charge in [0, 0.05) is 26.2 Å². The molecular weight excluding hydrogens is 260 g/mol. The van der Waals surface area contributed by atoms with E-state index in [0.29, 0.717) is 39.0 Å². The average molecular weight is 284 g/mol. The molecule has 20 heavy (non-hydrogen) atoms. The summed E-state index contributed by atoms with van der Waals surface area (Å²) >= 11 is 0. The van der Waals surface area contributed by atoms with Crippen LogP contribution < -0.4 is 0 Å². The van der Waals surface area contributed by atoms with Crippen LogP contribution in [0.15, 0.2) is 0 Å². The second-order valence-corrected chi connectivity index (χ2v) is 6.06. The van der Waals surface area contributed by atoms with Crippen LogP contribution in [0.25, 0.3) is 0 Å². The minimum absolute atomic E-state index is 0.0284. The van der Waals surface area contributed by atoms with E-state index < -0.39 is 11.4 Å². The van der Waals surface area contributed by atoms with E-state index in [-0.39, 0.29) is 18.2 Å². The molecule has 0 bridgehead atoms. The van der Waals surface area contributed by atoms with Crippen molar-refractivity contribution in [3.05, 3.63) is 0 Å². The average Bonchev–Trinajstić information content (AvgIpc) is 2.82. The molecule has 114 valence electrons. The van der Waals surface area contributed by atoms with Crippen LogP contribution in [0.4, 0.5) is 4.79 Å². The van der Waals surface area contributed by atoms with Gasteiger partial charge in [0.25, 0.3) is 0 Å². The number of rotatable bonds is 2. The Kier molecular flexibility index (Phi) is 4.22. The molecule has 2 aliphatic heterocycles. The highest BCUT2D eigenvalue weighted by atomic mass is 16.5. The molecule has 6 heteroatoms. The zero-order chi connectivity index (χ0) is 14.9. The molecule has 0 aromatic heterocycles. The van der Waals surface area contributed by atoms with Crippen LogP contribution in [0.1, 0.15) is 33.6 Å². The molecule has 2 rings (SSSR count). The third kappa shape index (κ3) is 2.75. The lowest BCUT2D eigenvalue weighted by atomic mass is 9.84. The fourth-order valence-electron chi connectivity index (χ4n) is 3.18. The molecule has 3 atom stereocenters. The van der Waals surface area contributed by atoms with Gasteiger partial charge >= 0.3 is 12.0 Å². The summed E-state index contributed by atoms with van der Waals surface area (Å²) < 4.78 is 5.62. The maximum atomic E-state index is 12.5. The van der Waals surface area contributed by atoms with Crippen LogP contribution in [0.3, 0.4) is 0 Å². The van der Waals surface area contributed by atoms with Crippen LogP contribution in [0.5, 0.6) is 0 Å². The number of ether oxygens (including phenoxy) is 1. The number of carboxylic acids is 1. The van der Waals surface area contributed by atoms with E-state index in [1.165, 1.54) is 0 Å². The normalized spacial score (nSPS) is 34.4. The monoisotopic (exact) mass is 284 g/mol. The summed E-state index contributed by atoms with van der Waals surface area (Å²) in [5.41, 5.74) is -0.765.